The summed E-state index contributed by atoms with van der Waals surface area (Å²) in [5, 5.41) is 15.4. The van der Waals surface area contributed by atoms with Crippen molar-refractivity contribution in [3.8, 4) is 17.1 Å². The Hall–Kier alpha value is -6.57. The molecule has 1 unspecified atom stereocenters. The van der Waals surface area contributed by atoms with Crippen LogP contribution >= 0.6 is 0 Å². The average molecular weight is 854 g/mol. The topological polar surface area (TPSA) is 210 Å². The molecule has 2 aliphatic rings. The molecule has 0 radical (unpaired) electrons. The second-order valence-electron chi connectivity index (χ2n) is 15.1. The first-order valence-corrected chi connectivity index (χ1v) is 20.5. The van der Waals surface area contributed by atoms with Crippen molar-refractivity contribution in [2.24, 2.45) is 5.92 Å². The summed E-state index contributed by atoms with van der Waals surface area (Å²) in [5.41, 5.74) is 3.18. The molecule has 1 atom stereocenters. The summed E-state index contributed by atoms with van der Waals surface area (Å²) in [6, 6.07) is 15.4. The van der Waals surface area contributed by atoms with E-state index in [4.69, 9.17) is 18.3 Å². The maximum Gasteiger partial charge on any atom is 0.420 e. The number of oxazole rings is 2. The number of pyridine rings is 1. The number of aryl methyl sites for hydroxylation is 1. The highest BCUT2D eigenvalue weighted by atomic mass is 19.3. The summed E-state index contributed by atoms with van der Waals surface area (Å²) in [5.74, 6) is -0.679. The zero-order chi connectivity index (χ0) is 43.0. The molecule has 1 saturated heterocycles. The van der Waals surface area contributed by atoms with Crippen molar-refractivity contribution in [1.82, 2.24) is 34.9 Å². The lowest BCUT2D eigenvalue weighted by molar-refractivity contribution is -0.135. The standard InChI is InChI=1S/C43H45F2N9O8/c44-39(45)38-31(49-40(56)32-25-61-42(50-32)29-13-14-47-36(21-29)48-23-28-3-4-28)24-53(52-38)30-8-5-27(6-9-30)22-46-15-17-60-19-18-59-16-1-2-26-7-10-33-35(20-26)62-43(58)54(33)34-11-12-37(55)51-41(34)57/h5-10,13-14,20-21,24-25,28,34,39,46H,1-4,11-12,15-19,22-23H2,(H,47,48)(H,49,56)(H,51,55,57). The van der Waals surface area contributed by atoms with Gasteiger partial charge in [0.2, 0.25) is 17.7 Å². The highest BCUT2D eigenvalue weighted by molar-refractivity contribution is 6.03. The van der Waals surface area contributed by atoms with Crippen molar-refractivity contribution >= 4 is 40.3 Å². The molecule has 6 aromatic rings. The van der Waals surface area contributed by atoms with Gasteiger partial charge in [0.05, 0.1) is 42.9 Å². The number of imide groups is 1. The van der Waals surface area contributed by atoms with Crippen LogP contribution in [0.25, 0.3) is 28.2 Å². The second-order valence-corrected chi connectivity index (χ2v) is 15.1. The van der Waals surface area contributed by atoms with E-state index in [-0.39, 0.29) is 36.0 Å². The molecule has 19 heteroatoms. The normalized spacial score (nSPS) is 15.4. The van der Waals surface area contributed by atoms with Gasteiger partial charge in [-0.15, -0.1) is 0 Å². The molecule has 0 bridgehead atoms. The smallest absolute Gasteiger partial charge is 0.420 e. The third kappa shape index (κ3) is 10.5. The maximum atomic E-state index is 14.0. The van der Waals surface area contributed by atoms with Gasteiger partial charge < -0.3 is 34.3 Å². The first-order valence-electron chi connectivity index (χ1n) is 20.5. The Morgan fingerprint density at radius 1 is 0.968 bits per heavy atom. The van der Waals surface area contributed by atoms with Crippen LogP contribution in [0, 0.1) is 5.92 Å². The van der Waals surface area contributed by atoms with Crippen molar-refractivity contribution in [1.29, 1.82) is 0 Å². The van der Waals surface area contributed by atoms with E-state index in [1.165, 1.54) is 34.6 Å². The molecule has 8 rings (SSSR count). The fourth-order valence-corrected chi connectivity index (χ4v) is 7.01. The number of carbonyl (C=O) groups is 3. The van der Waals surface area contributed by atoms with E-state index in [1.54, 1.807) is 42.6 Å². The highest BCUT2D eigenvalue weighted by Crippen LogP contribution is 2.30. The van der Waals surface area contributed by atoms with E-state index in [2.05, 4.69) is 36.3 Å². The predicted octanol–water partition coefficient (Wildman–Crippen LogP) is 5.58. The monoisotopic (exact) mass is 853 g/mol. The van der Waals surface area contributed by atoms with Gasteiger partial charge in [-0.1, -0.05) is 18.2 Å². The molecule has 0 spiro atoms. The summed E-state index contributed by atoms with van der Waals surface area (Å²) in [7, 11) is 0. The Balaban J connectivity index is 0.722. The van der Waals surface area contributed by atoms with Gasteiger partial charge in [0.25, 0.3) is 12.3 Å². The van der Waals surface area contributed by atoms with Crippen molar-refractivity contribution < 1.29 is 41.5 Å². The number of hydrogen-bond acceptors (Lipinski definition) is 13. The minimum atomic E-state index is -2.94. The third-order valence-electron chi connectivity index (χ3n) is 10.5. The number of aromatic nitrogens is 5. The molecule has 3 amide bonds. The van der Waals surface area contributed by atoms with Crippen LogP contribution < -0.4 is 27.0 Å². The van der Waals surface area contributed by atoms with Gasteiger partial charge in [0, 0.05) is 44.4 Å². The largest absolute Gasteiger partial charge is 0.444 e. The number of halogens is 2. The number of ether oxygens (including phenoxy) is 2. The average Bonchev–Trinajstić information content (AvgIpc) is 3.62. The first-order chi connectivity index (χ1) is 30.2. The molecule has 2 fully saturated rings. The highest BCUT2D eigenvalue weighted by Gasteiger charge is 2.31. The summed E-state index contributed by atoms with van der Waals surface area (Å²) in [6.45, 7) is 3.84. The van der Waals surface area contributed by atoms with Gasteiger partial charge in [0.1, 0.15) is 18.1 Å². The van der Waals surface area contributed by atoms with Crippen LogP contribution in [0.5, 0.6) is 0 Å². The zero-order valence-electron chi connectivity index (χ0n) is 33.6. The number of anilines is 2. The number of nitrogens with one attached hydrogen (secondary N) is 4. The molecule has 4 N–H and O–H groups in total. The summed E-state index contributed by atoms with van der Waals surface area (Å²) >= 11 is 0. The number of hydrogen-bond donors (Lipinski definition) is 4. The van der Waals surface area contributed by atoms with Gasteiger partial charge >= 0.3 is 5.76 Å². The lowest BCUT2D eigenvalue weighted by Gasteiger charge is -2.21. The van der Waals surface area contributed by atoms with E-state index < -0.39 is 35.7 Å². The van der Waals surface area contributed by atoms with Gasteiger partial charge in [-0.05, 0) is 85.5 Å². The number of alkyl halides is 2. The Kier molecular flexibility index (Phi) is 13.2. The Labute approximate surface area is 353 Å². The van der Waals surface area contributed by atoms with Crippen LogP contribution in [0.1, 0.15) is 71.9 Å². The number of piperidine rings is 1. The van der Waals surface area contributed by atoms with Gasteiger partial charge in [-0.3, -0.25) is 24.3 Å². The van der Waals surface area contributed by atoms with Crippen molar-refractivity contribution in [2.45, 2.75) is 57.5 Å². The minimum Gasteiger partial charge on any atom is -0.444 e. The fraction of sp³-hybridized carbons (Fsp3) is 0.372. The predicted molar refractivity (Wildman–Crippen MR) is 221 cm³/mol. The number of nitrogens with zero attached hydrogens (tertiary/aromatic N) is 5. The number of carbonyl (C=O) groups excluding carboxylic acids is 3. The van der Waals surface area contributed by atoms with Gasteiger partial charge in [-0.2, -0.15) is 5.10 Å². The molecule has 17 nitrogen and oxygen atoms in total. The van der Waals surface area contributed by atoms with E-state index in [1.807, 2.05) is 18.2 Å². The van der Waals surface area contributed by atoms with Crippen LogP contribution in [-0.4, -0.2) is 81.6 Å². The van der Waals surface area contributed by atoms with Crippen LogP contribution in [0.2, 0.25) is 0 Å². The Morgan fingerprint density at radius 2 is 1.77 bits per heavy atom. The quantitative estimate of drug-likeness (QED) is 0.0516. The summed E-state index contributed by atoms with van der Waals surface area (Å²) in [6.07, 6.45) is 5.44. The second kappa shape index (κ2) is 19.4. The van der Waals surface area contributed by atoms with E-state index >= 15 is 0 Å². The van der Waals surface area contributed by atoms with E-state index in [0.29, 0.717) is 80.0 Å². The van der Waals surface area contributed by atoms with Gasteiger partial charge in [0.15, 0.2) is 17.0 Å². The number of amides is 3. The lowest BCUT2D eigenvalue weighted by atomic mass is 10.1. The number of rotatable bonds is 21. The van der Waals surface area contributed by atoms with E-state index in [9.17, 15) is 28.0 Å². The molecular formula is C43H45F2N9O8. The molecule has 4 aromatic heterocycles. The molecule has 5 heterocycles. The van der Waals surface area contributed by atoms with Crippen molar-refractivity contribution in [2.75, 3.05) is 50.2 Å². The van der Waals surface area contributed by atoms with E-state index in [0.717, 1.165) is 24.1 Å². The molecular weight excluding hydrogens is 809 g/mol. The minimum absolute atomic E-state index is 0.0750. The molecule has 324 valence electrons. The lowest BCUT2D eigenvalue weighted by Crippen LogP contribution is -2.43. The Morgan fingerprint density at radius 3 is 2.56 bits per heavy atom. The molecule has 62 heavy (non-hydrogen) atoms. The van der Waals surface area contributed by atoms with Gasteiger partial charge in [-0.25, -0.2) is 28.2 Å². The molecule has 1 aliphatic carbocycles. The molecule has 1 aliphatic heterocycles. The fourth-order valence-electron chi connectivity index (χ4n) is 7.01. The molecule has 2 aromatic carbocycles. The zero-order valence-corrected chi connectivity index (χ0v) is 33.6. The third-order valence-corrected chi connectivity index (χ3v) is 10.5. The first kappa shape index (κ1) is 42.1. The number of benzene rings is 2. The van der Waals surface area contributed by atoms with Crippen molar-refractivity contribution in [3.05, 3.63) is 106 Å². The number of fused-ring (bicyclic) bond motifs is 1. The van der Waals surface area contributed by atoms with Crippen LogP contribution in [0.15, 0.2) is 86.9 Å². The maximum absolute atomic E-state index is 14.0. The van der Waals surface area contributed by atoms with Crippen LogP contribution in [0.4, 0.5) is 20.3 Å². The summed E-state index contributed by atoms with van der Waals surface area (Å²) in [4.78, 5) is 58.0. The molecule has 1 saturated carbocycles. The SMILES string of the molecule is O=C1CCC(n2c(=O)oc3cc(CCCOCCOCCNCc4ccc(-n5cc(NC(=O)c6coc(-c7ccnc(NCC8CC8)c7)n6)c(C(F)F)n5)cc4)ccc32)C(=O)N1. The Bertz CT molecular complexity index is 2580. The van der Waals surface area contributed by atoms with Crippen LogP contribution in [0.3, 0.4) is 0 Å². The summed E-state index contributed by atoms with van der Waals surface area (Å²) < 4.78 is 53.0. The van der Waals surface area contributed by atoms with Crippen LogP contribution in [-0.2, 0) is 32.0 Å². The van der Waals surface area contributed by atoms with Crippen molar-refractivity contribution in [3.63, 3.8) is 0 Å².